The molecule has 0 heterocycles. The van der Waals surface area contributed by atoms with E-state index in [1.165, 1.54) is 48.9 Å². The standard InChI is InChI=1S/C17H23FN2O3S/c18-14-4-6-15(7-5-14)20-17(22)12-24-11-16(21)19-8-1-9-23-10-13-2-3-13/h4-7,13H,1-3,8-12H2,(H,19,21)(H,20,22). The minimum absolute atomic E-state index is 0.0863. The van der Waals surface area contributed by atoms with E-state index in [1.54, 1.807) is 0 Å². The average molecular weight is 354 g/mol. The third-order valence-electron chi connectivity index (χ3n) is 3.43. The molecule has 7 heteroatoms. The van der Waals surface area contributed by atoms with Gasteiger partial charge in [0.25, 0.3) is 0 Å². The Balaban J connectivity index is 1.45. The van der Waals surface area contributed by atoms with Gasteiger partial charge in [-0.2, -0.15) is 0 Å². The highest BCUT2D eigenvalue weighted by molar-refractivity contribution is 8.00. The largest absolute Gasteiger partial charge is 0.381 e. The molecule has 0 radical (unpaired) electrons. The molecule has 0 aliphatic heterocycles. The molecule has 0 unspecified atom stereocenters. The number of carbonyl (C=O) groups is 2. The number of benzene rings is 1. The molecule has 0 atom stereocenters. The Labute approximate surface area is 145 Å². The Morgan fingerprint density at radius 1 is 1.17 bits per heavy atom. The van der Waals surface area contributed by atoms with E-state index >= 15 is 0 Å². The van der Waals surface area contributed by atoms with Crippen LogP contribution >= 0.6 is 11.8 Å². The first-order chi connectivity index (χ1) is 11.6. The Kier molecular flexibility index (Phi) is 8.04. The molecule has 0 bridgehead atoms. The molecule has 1 aliphatic carbocycles. The van der Waals surface area contributed by atoms with Crippen LogP contribution in [0.2, 0.25) is 0 Å². The van der Waals surface area contributed by atoms with Gasteiger partial charge in [-0.15, -0.1) is 11.8 Å². The average Bonchev–Trinajstić information content (AvgIpc) is 3.37. The van der Waals surface area contributed by atoms with Gasteiger partial charge in [0.15, 0.2) is 0 Å². The van der Waals surface area contributed by atoms with Crippen molar-refractivity contribution < 1.29 is 18.7 Å². The van der Waals surface area contributed by atoms with Crippen LogP contribution in [-0.2, 0) is 14.3 Å². The summed E-state index contributed by atoms with van der Waals surface area (Å²) in [6.07, 6.45) is 3.36. The second-order valence-electron chi connectivity index (χ2n) is 5.77. The summed E-state index contributed by atoms with van der Waals surface area (Å²) in [6.45, 7) is 2.10. The summed E-state index contributed by atoms with van der Waals surface area (Å²) in [5.41, 5.74) is 0.539. The summed E-state index contributed by atoms with van der Waals surface area (Å²) in [5, 5.41) is 5.45. The molecule has 1 aromatic rings. The number of carbonyl (C=O) groups excluding carboxylic acids is 2. The van der Waals surface area contributed by atoms with Gasteiger partial charge in [0.05, 0.1) is 11.5 Å². The summed E-state index contributed by atoms with van der Waals surface area (Å²) < 4.78 is 18.2. The molecule has 1 aliphatic rings. The van der Waals surface area contributed by atoms with Crippen LogP contribution in [0, 0.1) is 11.7 Å². The highest BCUT2D eigenvalue weighted by atomic mass is 32.2. The normalized spacial score (nSPS) is 13.5. The van der Waals surface area contributed by atoms with Gasteiger partial charge < -0.3 is 15.4 Å². The van der Waals surface area contributed by atoms with Gasteiger partial charge in [0, 0.05) is 25.4 Å². The highest BCUT2D eigenvalue weighted by Gasteiger charge is 2.20. The van der Waals surface area contributed by atoms with E-state index in [9.17, 15) is 14.0 Å². The lowest BCUT2D eigenvalue weighted by molar-refractivity contribution is -0.118. The number of ether oxygens (including phenoxy) is 1. The van der Waals surface area contributed by atoms with Crippen LogP contribution < -0.4 is 10.6 Å². The molecule has 2 N–H and O–H groups in total. The maximum absolute atomic E-state index is 12.8. The second-order valence-corrected chi connectivity index (χ2v) is 6.76. The van der Waals surface area contributed by atoms with E-state index < -0.39 is 0 Å². The van der Waals surface area contributed by atoms with E-state index in [4.69, 9.17) is 4.74 Å². The smallest absolute Gasteiger partial charge is 0.234 e. The fourth-order valence-corrected chi connectivity index (χ4v) is 2.60. The predicted octanol–water partition coefficient (Wildman–Crippen LogP) is 2.43. The first-order valence-electron chi connectivity index (χ1n) is 8.11. The quantitative estimate of drug-likeness (QED) is 0.599. The zero-order valence-electron chi connectivity index (χ0n) is 13.6. The van der Waals surface area contributed by atoms with Crippen LogP contribution in [0.25, 0.3) is 0 Å². The maximum Gasteiger partial charge on any atom is 0.234 e. The Bertz CT molecular complexity index is 535. The first-order valence-corrected chi connectivity index (χ1v) is 9.26. The summed E-state index contributed by atoms with van der Waals surface area (Å²) in [6, 6.07) is 5.56. The molecule has 2 amide bonds. The predicted molar refractivity (Wildman–Crippen MR) is 93.5 cm³/mol. The SMILES string of the molecule is O=C(CSCC(=O)Nc1ccc(F)cc1)NCCCOCC1CC1. The van der Waals surface area contributed by atoms with Gasteiger partial charge in [-0.1, -0.05) is 0 Å². The number of hydrogen-bond donors (Lipinski definition) is 2. The molecule has 0 saturated heterocycles. The van der Waals surface area contributed by atoms with Gasteiger partial charge in [-0.3, -0.25) is 9.59 Å². The minimum atomic E-state index is -0.350. The van der Waals surface area contributed by atoms with Crippen molar-refractivity contribution in [2.24, 2.45) is 5.92 Å². The number of amides is 2. The third kappa shape index (κ3) is 8.31. The van der Waals surface area contributed by atoms with Crippen molar-refractivity contribution in [1.82, 2.24) is 5.32 Å². The van der Waals surface area contributed by atoms with Gasteiger partial charge in [0.1, 0.15) is 5.82 Å². The number of hydrogen-bond acceptors (Lipinski definition) is 4. The molecule has 24 heavy (non-hydrogen) atoms. The maximum atomic E-state index is 12.8. The van der Waals surface area contributed by atoms with Gasteiger partial charge in [-0.05, 0) is 49.4 Å². The van der Waals surface area contributed by atoms with Gasteiger partial charge in [0.2, 0.25) is 11.8 Å². The van der Waals surface area contributed by atoms with Crippen molar-refractivity contribution in [3.8, 4) is 0 Å². The van der Waals surface area contributed by atoms with Crippen LogP contribution in [0.5, 0.6) is 0 Å². The van der Waals surface area contributed by atoms with Crippen LogP contribution in [0.4, 0.5) is 10.1 Å². The topological polar surface area (TPSA) is 67.4 Å². The lowest BCUT2D eigenvalue weighted by atomic mass is 10.3. The minimum Gasteiger partial charge on any atom is -0.381 e. The lowest BCUT2D eigenvalue weighted by Crippen LogP contribution is -2.27. The summed E-state index contributed by atoms with van der Waals surface area (Å²) in [7, 11) is 0. The lowest BCUT2D eigenvalue weighted by Gasteiger charge is -2.07. The van der Waals surface area contributed by atoms with E-state index in [1.807, 2.05) is 0 Å². The highest BCUT2D eigenvalue weighted by Crippen LogP contribution is 2.28. The van der Waals surface area contributed by atoms with Crippen molar-refractivity contribution in [3.05, 3.63) is 30.1 Å². The van der Waals surface area contributed by atoms with E-state index in [2.05, 4.69) is 10.6 Å². The third-order valence-corrected chi connectivity index (χ3v) is 4.37. The monoisotopic (exact) mass is 354 g/mol. The summed E-state index contributed by atoms with van der Waals surface area (Å²) in [5.74, 6) is 0.522. The Morgan fingerprint density at radius 2 is 1.88 bits per heavy atom. The Hall–Kier alpha value is -1.60. The van der Waals surface area contributed by atoms with Crippen molar-refractivity contribution >= 4 is 29.3 Å². The first kappa shape index (κ1) is 18.7. The molecule has 1 fully saturated rings. The number of nitrogens with one attached hydrogen (secondary N) is 2. The fourth-order valence-electron chi connectivity index (χ4n) is 1.95. The van der Waals surface area contributed by atoms with Gasteiger partial charge in [-0.25, -0.2) is 4.39 Å². The number of rotatable bonds is 11. The molecule has 0 spiro atoms. The molecule has 5 nitrogen and oxygen atoms in total. The molecule has 0 aromatic heterocycles. The number of anilines is 1. The van der Waals surface area contributed by atoms with Crippen molar-refractivity contribution in [2.75, 3.05) is 36.6 Å². The van der Waals surface area contributed by atoms with Gasteiger partial charge >= 0.3 is 0 Å². The molecular formula is C17H23FN2O3S. The fraction of sp³-hybridized carbons (Fsp3) is 0.529. The van der Waals surface area contributed by atoms with E-state index in [0.717, 1.165) is 18.9 Å². The van der Waals surface area contributed by atoms with Crippen LogP contribution in [0.15, 0.2) is 24.3 Å². The molecule has 1 aromatic carbocycles. The van der Waals surface area contributed by atoms with Crippen molar-refractivity contribution in [1.29, 1.82) is 0 Å². The molecule has 1 saturated carbocycles. The van der Waals surface area contributed by atoms with Crippen molar-refractivity contribution in [3.63, 3.8) is 0 Å². The second kappa shape index (κ2) is 10.3. The van der Waals surface area contributed by atoms with E-state index in [0.29, 0.717) is 18.8 Å². The zero-order valence-corrected chi connectivity index (χ0v) is 14.4. The van der Waals surface area contributed by atoms with Crippen LogP contribution in [-0.4, -0.2) is 43.1 Å². The van der Waals surface area contributed by atoms with Crippen LogP contribution in [0.1, 0.15) is 19.3 Å². The summed E-state index contributed by atoms with van der Waals surface area (Å²) in [4.78, 5) is 23.3. The summed E-state index contributed by atoms with van der Waals surface area (Å²) >= 11 is 1.24. The molecule has 2 rings (SSSR count). The number of halogens is 1. The Morgan fingerprint density at radius 3 is 2.58 bits per heavy atom. The van der Waals surface area contributed by atoms with Crippen LogP contribution in [0.3, 0.4) is 0 Å². The van der Waals surface area contributed by atoms with E-state index in [-0.39, 0.29) is 29.1 Å². The molecular weight excluding hydrogens is 331 g/mol. The molecule has 132 valence electrons. The zero-order chi connectivity index (χ0) is 17.2. The number of thioether (sulfide) groups is 1. The van der Waals surface area contributed by atoms with Crippen molar-refractivity contribution in [2.45, 2.75) is 19.3 Å².